The highest BCUT2D eigenvalue weighted by Gasteiger charge is 2.11. The number of hydrogen-bond donors (Lipinski definition) is 0. The Labute approximate surface area is 166 Å². The summed E-state index contributed by atoms with van der Waals surface area (Å²) in [5, 5.41) is 1.31. The summed E-state index contributed by atoms with van der Waals surface area (Å²) < 4.78 is 5.81. The number of nitrogens with zero attached hydrogens (tertiary/aromatic N) is 2. The molecule has 0 saturated heterocycles. The van der Waals surface area contributed by atoms with Gasteiger partial charge in [0.2, 0.25) is 5.89 Å². The fourth-order valence-electron chi connectivity index (χ4n) is 2.63. The first-order chi connectivity index (χ1) is 13.2. The zero-order chi connectivity index (χ0) is 18.6. The Morgan fingerprint density at radius 2 is 1.67 bits per heavy atom. The van der Waals surface area contributed by atoms with Crippen molar-refractivity contribution in [3.63, 3.8) is 0 Å². The minimum Gasteiger partial charge on any atom is -0.436 e. The predicted molar refractivity (Wildman–Crippen MR) is 113 cm³/mol. The van der Waals surface area contributed by atoms with E-state index in [1.165, 1.54) is 0 Å². The van der Waals surface area contributed by atoms with Crippen molar-refractivity contribution < 1.29 is 4.42 Å². The number of fused-ring (bicyclic) bond motifs is 1. The fraction of sp³-hybridized carbons (Fsp3) is 0. The first-order valence-corrected chi connectivity index (χ1v) is 9.07. The zero-order valence-electron chi connectivity index (χ0n) is 14.1. The molecular formula is C22H14Cl2N2O. The molecule has 0 amide bonds. The molecule has 0 atom stereocenters. The fourth-order valence-corrected chi connectivity index (χ4v) is 3.05. The second-order valence-electron chi connectivity index (χ2n) is 5.81. The van der Waals surface area contributed by atoms with Gasteiger partial charge in [0, 0.05) is 11.2 Å². The lowest BCUT2D eigenvalue weighted by molar-refractivity contribution is 0.620. The summed E-state index contributed by atoms with van der Waals surface area (Å²) in [6.07, 6.45) is 5.49. The van der Waals surface area contributed by atoms with Gasteiger partial charge in [-0.15, -0.1) is 0 Å². The van der Waals surface area contributed by atoms with E-state index in [1.54, 1.807) is 6.21 Å². The van der Waals surface area contributed by atoms with Crippen LogP contribution in [0.5, 0.6) is 0 Å². The van der Waals surface area contributed by atoms with Crippen LogP contribution in [-0.4, -0.2) is 11.2 Å². The monoisotopic (exact) mass is 392 g/mol. The molecule has 0 saturated carbocycles. The molecule has 3 nitrogen and oxygen atoms in total. The third kappa shape index (κ3) is 3.95. The Balaban J connectivity index is 1.57. The van der Waals surface area contributed by atoms with Gasteiger partial charge in [-0.1, -0.05) is 59.6 Å². The van der Waals surface area contributed by atoms with Gasteiger partial charge in [0.1, 0.15) is 5.52 Å². The van der Waals surface area contributed by atoms with E-state index in [4.69, 9.17) is 27.6 Å². The van der Waals surface area contributed by atoms with Crippen LogP contribution in [0.4, 0.5) is 5.69 Å². The van der Waals surface area contributed by atoms with E-state index < -0.39 is 0 Å². The van der Waals surface area contributed by atoms with Crippen molar-refractivity contribution in [2.45, 2.75) is 0 Å². The van der Waals surface area contributed by atoms with Gasteiger partial charge in [0.25, 0.3) is 0 Å². The molecule has 4 aromatic rings. The molecular weight excluding hydrogens is 379 g/mol. The van der Waals surface area contributed by atoms with Gasteiger partial charge in [-0.25, -0.2) is 4.98 Å². The summed E-state index contributed by atoms with van der Waals surface area (Å²) >= 11 is 12.3. The molecule has 0 fully saturated rings. The summed E-state index contributed by atoms with van der Waals surface area (Å²) in [4.78, 5) is 8.97. The quantitative estimate of drug-likeness (QED) is 0.343. The Hall–Kier alpha value is -2.88. The van der Waals surface area contributed by atoms with Crippen LogP contribution in [0.1, 0.15) is 5.56 Å². The normalized spacial score (nSPS) is 11.8. The molecule has 27 heavy (non-hydrogen) atoms. The SMILES string of the molecule is Clc1ccccc1C=CC=Nc1ccc2oc(-c3ccccc3Cl)nc2c1. The predicted octanol–water partition coefficient (Wildman–Crippen LogP) is 7.22. The van der Waals surface area contributed by atoms with Crippen LogP contribution < -0.4 is 0 Å². The lowest BCUT2D eigenvalue weighted by Crippen LogP contribution is -1.77. The van der Waals surface area contributed by atoms with Gasteiger partial charge in [-0.05, 0) is 48.0 Å². The minimum atomic E-state index is 0.496. The number of aliphatic imine (C=N–C) groups is 1. The Morgan fingerprint density at radius 1 is 0.889 bits per heavy atom. The highest BCUT2D eigenvalue weighted by atomic mass is 35.5. The number of allylic oxidation sites excluding steroid dienone is 1. The largest absolute Gasteiger partial charge is 0.436 e. The molecule has 0 unspecified atom stereocenters. The Bertz CT molecular complexity index is 1160. The molecule has 0 aliphatic heterocycles. The van der Waals surface area contributed by atoms with Crippen LogP contribution in [0, 0.1) is 0 Å². The van der Waals surface area contributed by atoms with E-state index in [9.17, 15) is 0 Å². The van der Waals surface area contributed by atoms with Gasteiger partial charge >= 0.3 is 0 Å². The van der Waals surface area contributed by atoms with Gasteiger partial charge in [-0.2, -0.15) is 0 Å². The van der Waals surface area contributed by atoms with E-state index in [2.05, 4.69) is 9.98 Å². The Morgan fingerprint density at radius 3 is 2.48 bits per heavy atom. The number of rotatable bonds is 4. The molecule has 4 rings (SSSR count). The summed E-state index contributed by atoms with van der Waals surface area (Å²) in [6, 6.07) is 20.7. The van der Waals surface area contributed by atoms with E-state index in [1.807, 2.05) is 78.9 Å². The molecule has 0 aliphatic rings. The Kier molecular flexibility index (Phi) is 5.05. The van der Waals surface area contributed by atoms with Crippen molar-refractivity contribution in [2.24, 2.45) is 4.99 Å². The van der Waals surface area contributed by atoms with E-state index >= 15 is 0 Å². The topological polar surface area (TPSA) is 38.4 Å². The van der Waals surface area contributed by atoms with E-state index in [-0.39, 0.29) is 0 Å². The number of aromatic nitrogens is 1. The molecule has 0 spiro atoms. The average Bonchev–Trinajstić information content (AvgIpc) is 3.10. The highest BCUT2D eigenvalue weighted by Crippen LogP contribution is 2.31. The maximum atomic E-state index is 6.22. The van der Waals surface area contributed by atoms with Gasteiger partial charge in [-0.3, -0.25) is 4.99 Å². The maximum absolute atomic E-state index is 6.22. The van der Waals surface area contributed by atoms with Crippen LogP contribution in [0.2, 0.25) is 10.0 Å². The van der Waals surface area contributed by atoms with Crippen molar-refractivity contribution in [3.05, 3.63) is 88.4 Å². The molecule has 0 aliphatic carbocycles. The summed E-state index contributed by atoms with van der Waals surface area (Å²) in [5.74, 6) is 0.496. The third-order valence-electron chi connectivity index (χ3n) is 3.97. The van der Waals surface area contributed by atoms with Crippen molar-refractivity contribution in [1.29, 1.82) is 0 Å². The second kappa shape index (κ2) is 7.78. The molecule has 0 bridgehead atoms. The molecule has 0 radical (unpaired) electrons. The molecule has 5 heteroatoms. The second-order valence-corrected chi connectivity index (χ2v) is 6.62. The summed E-state index contributed by atoms with van der Waals surface area (Å²) in [6.45, 7) is 0. The lowest BCUT2D eigenvalue weighted by atomic mass is 10.2. The number of benzene rings is 3. The molecule has 132 valence electrons. The number of halogens is 2. The standard InChI is InChI=1S/C22H14Cl2N2O/c23-18-9-3-1-6-15(18)7-5-13-25-16-11-12-21-20(14-16)26-22(27-21)17-8-2-4-10-19(17)24/h1-14H. The first-order valence-electron chi connectivity index (χ1n) is 8.31. The minimum absolute atomic E-state index is 0.496. The van der Waals surface area contributed by atoms with E-state index in [0.29, 0.717) is 21.5 Å². The van der Waals surface area contributed by atoms with Crippen LogP contribution in [0.15, 0.2) is 82.2 Å². The van der Waals surface area contributed by atoms with Crippen LogP contribution in [0.25, 0.3) is 28.6 Å². The lowest BCUT2D eigenvalue weighted by Gasteiger charge is -1.96. The van der Waals surface area contributed by atoms with Crippen molar-refractivity contribution >= 4 is 52.3 Å². The van der Waals surface area contributed by atoms with Gasteiger partial charge < -0.3 is 4.42 Å². The molecule has 1 aromatic heterocycles. The van der Waals surface area contributed by atoms with Crippen molar-refractivity contribution in [2.75, 3.05) is 0 Å². The van der Waals surface area contributed by atoms with Crippen molar-refractivity contribution in [1.82, 2.24) is 4.98 Å². The number of oxazole rings is 1. The van der Waals surface area contributed by atoms with Crippen LogP contribution >= 0.6 is 23.2 Å². The summed E-state index contributed by atoms with van der Waals surface area (Å²) in [7, 11) is 0. The average molecular weight is 393 g/mol. The van der Waals surface area contributed by atoms with Crippen LogP contribution in [0.3, 0.4) is 0 Å². The highest BCUT2D eigenvalue weighted by molar-refractivity contribution is 6.33. The smallest absolute Gasteiger partial charge is 0.228 e. The number of hydrogen-bond acceptors (Lipinski definition) is 3. The molecule has 3 aromatic carbocycles. The maximum Gasteiger partial charge on any atom is 0.228 e. The van der Waals surface area contributed by atoms with Gasteiger partial charge in [0.15, 0.2) is 5.58 Å². The first kappa shape index (κ1) is 17.5. The van der Waals surface area contributed by atoms with E-state index in [0.717, 1.165) is 22.3 Å². The molecule has 0 N–H and O–H groups in total. The third-order valence-corrected chi connectivity index (χ3v) is 4.64. The summed E-state index contributed by atoms with van der Waals surface area (Å²) in [5.41, 5.74) is 3.92. The zero-order valence-corrected chi connectivity index (χ0v) is 15.7. The van der Waals surface area contributed by atoms with Crippen molar-refractivity contribution in [3.8, 4) is 11.5 Å². The molecule has 1 heterocycles. The van der Waals surface area contributed by atoms with Crippen LogP contribution in [-0.2, 0) is 0 Å². The van der Waals surface area contributed by atoms with Gasteiger partial charge in [0.05, 0.1) is 16.3 Å².